The van der Waals surface area contributed by atoms with Crippen LogP contribution in [0.5, 0.6) is 0 Å². The van der Waals surface area contributed by atoms with Gasteiger partial charge >= 0.3 is 0 Å². The summed E-state index contributed by atoms with van der Waals surface area (Å²) in [5, 5.41) is 3.38. The summed E-state index contributed by atoms with van der Waals surface area (Å²) < 4.78 is 1.72. The smallest absolute Gasteiger partial charge is 0.251 e. The van der Waals surface area contributed by atoms with Crippen molar-refractivity contribution in [2.45, 2.75) is 18.4 Å². The molecule has 1 fully saturated rings. The van der Waals surface area contributed by atoms with Crippen LogP contribution in [-0.2, 0) is 4.79 Å². The molecule has 0 spiro atoms. The minimum Gasteiger partial charge on any atom is -0.347 e. The monoisotopic (exact) mass is 297 g/mol. The Morgan fingerprint density at radius 1 is 1.35 bits per heavy atom. The van der Waals surface area contributed by atoms with E-state index < -0.39 is 0 Å². The predicted molar refractivity (Wildman–Crippen MR) is 79.4 cm³/mol. The molecule has 1 N–H and O–H groups in total. The minimum atomic E-state index is -0.359. The quantitative estimate of drug-likeness (QED) is 0.826. The zero-order valence-electron chi connectivity index (χ0n) is 11.7. The highest BCUT2D eigenvalue weighted by Crippen LogP contribution is 2.38. The summed E-state index contributed by atoms with van der Waals surface area (Å²) in [6.07, 6.45) is 0.987. The Balaban J connectivity index is 0.00000147. The number of fused-ring (bicyclic) bond motifs is 4. The van der Waals surface area contributed by atoms with Crippen LogP contribution < -0.4 is 10.9 Å². The number of carbonyl (C=O) groups is 1. The normalized spacial score (nSPS) is 27.2. The largest absolute Gasteiger partial charge is 0.347 e. The molecule has 6 heteroatoms. The molecular weight excluding hydrogens is 278 g/mol. The number of hydrogen-bond acceptors (Lipinski definition) is 3. The van der Waals surface area contributed by atoms with E-state index in [9.17, 15) is 9.59 Å². The summed E-state index contributed by atoms with van der Waals surface area (Å²) in [4.78, 5) is 26.2. The summed E-state index contributed by atoms with van der Waals surface area (Å²) >= 11 is 0. The van der Waals surface area contributed by atoms with Gasteiger partial charge in [-0.15, -0.1) is 12.4 Å². The average Bonchev–Trinajstić information content (AvgIpc) is 2.40. The number of halogens is 1. The molecule has 2 aliphatic heterocycles. The van der Waals surface area contributed by atoms with Gasteiger partial charge in [-0.1, -0.05) is 6.07 Å². The van der Waals surface area contributed by atoms with E-state index in [4.69, 9.17) is 0 Å². The molecule has 1 aromatic rings. The van der Waals surface area contributed by atoms with Gasteiger partial charge in [0.1, 0.15) is 6.04 Å². The molecular formula is C14H20ClN3O2. The van der Waals surface area contributed by atoms with E-state index in [0.717, 1.165) is 25.2 Å². The van der Waals surface area contributed by atoms with E-state index in [1.807, 2.05) is 6.07 Å². The third kappa shape index (κ3) is 2.25. The first kappa shape index (κ1) is 15.1. The topological polar surface area (TPSA) is 54.3 Å². The van der Waals surface area contributed by atoms with Crippen molar-refractivity contribution < 1.29 is 4.79 Å². The maximum Gasteiger partial charge on any atom is 0.251 e. The van der Waals surface area contributed by atoms with Crippen molar-refractivity contribution in [2.24, 2.45) is 5.92 Å². The van der Waals surface area contributed by atoms with Gasteiger partial charge in [-0.25, -0.2) is 0 Å². The Morgan fingerprint density at radius 2 is 2.10 bits per heavy atom. The highest BCUT2D eigenvalue weighted by atomic mass is 35.5. The van der Waals surface area contributed by atoms with Crippen LogP contribution in [0.3, 0.4) is 0 Å². The van der Waals surface area contributed by atoms with Crippen LogP contribution in [0.4, 0.5) is 0 Å². The fourth-order valence-corrected chi connectivity index (χ4v) is 3.38. The Bertz CT molecular complexity index is 570. The molecule has 5 nitrogen and oxygen atoms in total. The van der Waals surface area contributed by atoms with Gasteiger partial charge in [0.05, 0.1) is 0 Å². The molecule has 3 rings (SSSR count). The number of nitrogens with zero attached hydrogens (tertiary/aromatic N) is 2. The summed E-state index contributed by atoms with van der Waals surface area (Å²) in [5.41, 5.74) is 0.936. The van der Waals surface area contributed by atoms with Crippen molar-refractivity contribution in [1.82, 2.24) is 14.8 Å². The fourth-order valence-electron chi connectivity index (χ4n) is 3.38. The molecule has 0 radical (unpaired) electrons. The summed E-state index contributed by atoms with van der Waals surface area (Å²) in [6, 6.07) is 4.96. The number of amides is 1. The SMILES string of the molecule is CN(C)C(=O)[C@H]1[C@@H]2CNC[C@@H](C2)c2cccc(=O)n21.Cl. The van der Waals surface area contributed by atoms with E-state index in [0.29, 0.717) is 5.92 Å². The van der Waals surface area contributed by atoms with Crippen LogP contribution in [0.1, 0.15) is 24.1 Å². The molecule has 20 heavy (non-hydrogen) atoms. The Morgan fingerprint density at radius 3 is 2.80 bits per heavy atom. The van der Waals surface area contributed by atoms with Gasteiger partial charge in [-0.3, -0.25) is 14.2 Å². The van der Waals surface area contributed by atoms with E-state index in [1.54, 1.807) is 35.7 Å². The van der Waals surface area contributed by atoms with Crippen LogP contribution in [0.2, 0.25) is 0 Å². The zero-order valence-corrected chi connectivity index (χ0v) is 12.5. The van der Waals surface area contributed by atoms with Gasteiger partial charge in [0, 0.05) is 50.8 Å². The maximum absolute atomic E-state index is 12.5. The molecule has 3 atom stereocenters. The molecule has 0 aliphatic carbocycles. The number of rotatable bonds is 1. The minimum absolute atomic E-state index is 0. The number of carbonyl (C=O) groups excluding carboxylic acids is 1. The van der Waals surface area contributed by atoms with Crippen molar-refractivity contribution in [2.75, 3.05) is 27.2 Å². The van der Waals surface area contributed by atoms with Crippen molar-refractivity contribution in [3.05, 3.63) is 34.2 Å². The molecule has 1 aromatic heterocycles. The lowest BCUT2D eigenvalue weighted by Gasteiger charge is -2.42. The molecule has 110 valence electrons. The first-order valence-corrected chi connectivity index (χ1v) is 6.73. The number of hydrogen-bond donors (Lipinski definition) is 1. The van der Waals surface area contributed by atoms with Gasteiger partial charge in [0.2, 0.25) is 5.91 Å². The number of likely N-dealkylation sites (N-methyl/N-ethyl adjacent to an activating group) is 1. The van der Waals surface area contributed by atoms with Crippen LogP contribution in [0, 0.1) is 5.92 Å². The summed E-state index contributed by atoms with van der Waals surface area (Å²) in [5.74, 6) is 0.571. The third-order valence-corrected chi connectivity index (χ3v) is 4.24. The first-order valence-electron chi connectivity index (χ1n) is 6.73. The molecule has 2 aliphatic rings. The number of pyridine rings is 1. The fraction of sp³-hybridized carbons (Fsp3) is 0.571. The van der Waals surface area contributed by atoms with Crippen LogP contribution >= 0.6 is 12.4 Å². The third-order valence-electron chi connectivity index (χ3n) is 4.24. The van der Waals surface area contributed by atoms with Crippen molar-refractivity contribution in [3.63, 3.8) is 0 Å². The lowest BCUT2D eigenvalue weighted by molar-refractivity contribution is -0.135. The second kappa shape index (κ2) is 5.58. The molecule has 0 aromatic carbocycles. The molecule has 0 saturated carbocycles. The molecule has 1 amide bonds. The second-order valence-electron chi connectivity index (χ2n) is 5.69. The van der Waals surface area contributed by atoms with E-state index in [-0.39, 0.29) is 35.8 Å². The van der Waals surface area contributed by atoms with Gasteiger partial charge in [0.25, 0.3) is 5.56 Å². The predicted octanol–water partition coefficient (Wildman–Crippen LogP) is 0.606. The molecule has 0 unspecified atom stereocenters. The Kier molecular flexibility index (Phi) is 4.20. The second-order valence-corrected chi connectivity index (χ2v) is 5.69. The van der Waals surface area contributed by atoms with Crippen LogP contribution in [-0.4, -0.2) is 42.6 Å². The van der Waals surface area contributed by atoms with Crippen molar-refractivity contribution >= 4 is 18.3 Å². The van der Waals surface area contributed by atoms with Crippen LogP contribution in [0.15, 0.2) is 23.0 Å². The summed E-state index contributed by atoms with van der Waals surface area (Å²) in [7, 11) is 3.50. The van der Waals surface area contributed by atoms with E-state index in [2.05, 4.69) is 5.32 Å². The lowest BCUT2D eigenvalue weighted by atomic mass is 9.79. The van der Waals surface area contributed by atoms with Crippen molar-refractivity contribution in [1.29, 1.82) is 0 Å². The van der Waals surface area contributed by atoms with Gasteiger partial charge in [-0.2, -0.15) is 0 Å². The summed E-state index contributed by atoms with van der Waals surface area (Å²) in [6.45, 7) is 1.70. The molecule has 3 heterocycles. The van der Waals surface area contributed by atoms with E-state index >= 15 is 0 Å². The average molecular weight is 298 g/mol. The molecule has 2 bridgehead atoms. The standard InChI is InChI=1S/C14H19N3O2.ClH/c1-16(2)14(19)13-10-6-9(7-15-8-10)11-4-3-5-12(18)17(11)13;/h3-5,9-10,13,15H,6-8H2,1-2H3;1H/t9-,10+,13-;/m1./s1. The van der Waals surface area contributed by atoms with Crippen LogP contribution in [0.25, 0.3) is 0 Å². The van der Waals surface area contributed by atoms with E-state index in [1.165, 1.54) is 0 Å². The first-order chi connectivity index (χ1) is 9.09. The molecule has 1 saturated heterocycles. The Hall–Kier alpha value is -1.33. The highest BCUT2D eigenvalue weighted by molar-refractivity contribution is 5.85. The van der Waals surface area contributed by atoms with Gasteiger partial charge < -0.3 is 10.2 Å². The van der Waals surface area contributed by atoms with Crippen molar-refractivity contribution in [3.8, 4) is 0 Å². The highest BCUT2D eigenvalue weighted by Gasteiger charge is 2.41. The lowest BCUT2D eigenvalue weighted by Crippen LogP contribution is -2.52. The van der Waals surface area contributed by atoms with Gasteiger partial charge in [-0.05, 0) is 12.5 Å². The number of piperidine rings is 1. The number of aromatic nitrogens is 1. The maximum atomic E-state index is 12.5. The number of nitrogens with one attached hydrogen (secondary N) is 1. The zero-order chi connectivity index (χ0) is 13.6. The Labute approximate surface area is 124 Å². The van der Waals surface area contributed by atoms with Gasteiger partial charge in [0.15, 0.2) is 0 Å².